The second-order valence-corrected chi connectivity index (χ2v) is 7.67. The van der Waals surface area contributed by atoms with Gasteiger partial charge in [0.1, 0.15) is 10.0 Å². The summed E-state index contributed by atoms with van der Waals surface area (Å²) in [6.45, 7) is 0.196. The van der Waals surface area contributed by atoms with E-state index in [1.54, 1.807) is 0 Å². The van der Waals surface area contributed by atoms with Crippen LogP contribution in [-0.2, 0) is 10.0 Å². The van der Waals surface area contributed by atoms with Crippen molar-refractivity contribution < 1.29 is 13.5 Å². The highest BCUT2D eigenvalue weighted by Gasteiger charge is 2.34. The summed E-state index contributed by atoms with van der Waals surface area (Å²) in [6, 6.07) is 1.26. The van der Waals surface area contributed by atoms with E-state index in [4.69, 9.17) is 23.2 Å². The summed E-state index contributed by atoms with van der Waals surface area (Å²) in [5.74, 6) is 0. The molecule has 0 amide bonds. The smallest absolute Gasteiger partial charge is 0.242 e. The third-order valence-electron chi connectivity index (χ3n) is 3.72. The van der Waals surface area contributed by atoms with E-state index in [0.29, 0.717) is 0 Å². The van der Waals surface area contributed by atoms with Crippen LogP contribution in [0.25, 0.3) is 0 Å². The largest absolute Gasteiger partial charge is 0.396 e. The average molecular weight is 339 g/mol. The van der Waals surface area contributed by atoms with Crippen molar-refractivity contribution in [1.82, 2.24) is 9.71 Å². The molecule has 8 heteroatoms. The molecule has 112 valence electrons. The second-order valence-electron chi connectivity index (χ2n) is 5.13. The molecule has 0 radical (unpaired) electrons. The van der Waals surface area contributed by atoms with Crippen LogP contribution < -0.4 is 4.72 Å². The van der Waals surface area contributed by atoms with Crippen LogP contribution in [0.3, 0.4) is 0 Å². The van der Waals surface area contributed by atoms with Crippen molar-refractivity contribution in [2.45, 2.75) is 30.6 Å². The maximum absolute atomic E-state index is 12.2. The number of pyridine rings is 1. The molecule has 2 N–H and O–H groups in total. The molecule has 1 heterocycles. The van der Waals surface area contributed by atoms with Crippen molar-refractivity contribution in [3.63, 3.8) is 0 Å². The molecule has 0 bridgehead atoms. The number of hydrogen-bond donors (Lipinski definition) is 2. The number of aliphatic hydroxyl groups is 1. The summed E-state index contributed by atoms with van der Waals surface area (Å²) in [4.78, 5) is 3.70. The molecule has 1 fully saturated rings. The lowest BCUT2D eigenvalue weighted by atomic mass is 9.88. The highest BCUT2D eigenvalue weighted by molar-refractivity contribution is 7.89. The van der Waals surface area contributed by atoms with E-state index >= 15 is 0 Å². The Morgan fingerprint density at radius 3 is 2.55 bits per heavy atom. The number of nitrogens with zero attached hydrogens (tertiary/aromatic N) is 1. The molecule has 0 unspecified atom stereocenters. The molecule has 2 rings (SSSR count). The molecule has 1 aliphatic carbocycles. The van der Waals surface area contributed by atoms with Gasteiger partial charge in [0.15, 0.2) is 0 Å². The van der Waals surface area contributed by atoms with E-state index in [0.717, 1.165) is 31.9 Å². The number of sulfonamides is 1. The Morgan fingerprint density at radius 1 is 1.35 bits per heavy atom. The van der Waals surface area contributed by atoms with E-state index in [9.17, 15) is 13.5 Å². The Bertz CT molecular complexity index is 586. The molecular weight excluding hydrogens is 323 g/mol. The van der Waals surface area contributed by atoms with Crippen LogP contribution in [0, 0.1) is 5.41 Å². The van der Waals surface area contributed by atoms with Crippen LogP contribution in [0.2, 0.25) is 10.2 Å². The molecular formula is C12H16Cl2N2O3S. The van der Waals surface area contributed by atoms with Crippen LogP contribution in [0.1, 0.15) is 25.7 Å². The predicted octanol–water partition coefficient (Wildman–Crippen LogP) is 2.22. The molecule has 1 aromatic rings. The van der Waals surface area contributed by atoms with Gasteiger partial charge in [-0.1, -0.05) is 36.0 Å². The SMILES string of the molecule is O=S(=O)(NCC1(CO)CCCC1)c1cnc(Cl)c(Cl)c1. The first-order valence-electron chi connectivity index (χ1n) is 6.30. The van der Waals surface area contributed by atoms with Crippen LogP contribution in [0.5, 0.6) is 0 Å². The van der Waals surface area contributed by atoms with Crippen LogP contribution >= 0.6 is 23.2 Å². The molecule has 5 nitrogen and oxygen atoms in total. The van der Waals surface area contributed by atoms with Gasteiger partial charge in [-0.05, 0) is 18.9 Å². The molecule has 0 aliphatic heterocycles. The number of hydrogen-bond acceptors (Lipinski definition) is 4. The van der Waals surface area contributed by atoms with E-state index < -0.39 is 10.0 Å². The number of nitrogens with one attached hydrogen (secondary N) is 1. The van der Waals surface area contributed by atoms with Gasteiger partial charge in [0, 0.05) is 24.8 Å². The molecule has 0 atom stereocenters. The van der Waals surface area contributed by atoms with Gasteiger partial charge in [0.2, 0.25) is 10.0 Å². The highest BCUT2D eigenvalue weighted by atomic mass is 35.5. The zero-order valence-corrected chi connectivity index (χ0v) is 13.1. The monoisotopic (exact) mass is 338 g/mol. The first kappa shape index (κ1) is 16.0. The molecule has 1 aromatic heterocycles. The van der Waals surface area contributed by atoms with Crippen molar-refractivity contribution in [2.24, 2.45) is 5.41 Å². The van der Waals surface area contributed by atoms with Gasteiger partial charge < -0.3 is 5.11 Å². The minimum atomic E-state index is -3.70. The molecule has 1 aliphatic rings. The lowest BCUT2D eigenvalue weighted by Crippen LogP contribution is -2.38. The molecule has 1 saturated carbocycles. The van der Waals surface area contributed by atoms with Gasteiger partial charge in [0.25, 0.3) is 0 Å². The summed E-state index contributed by atoms with van der Waals surface area (Å²) in [6.07, 6.45) is 4.83. The van der Waals surface area contributed by atoms with E-state index in [2.05, 4.69) is 9.71 Å². The normalized spacial score (nSPS) is 18.4. The summed E-state index contributed by atoms with van der Waals surface area (Å²) < 4.78 is 26.9. The molecule has 0 spiro atoms. The lowest BCUT2D eigenvalue weighted by Gasteiger charge is -2.26. The van der Waals surface area contributed by atoms with Gasteiger partial charge in [-0.3, -0.25) is 0 Å². The number of aromatic nitrogens is 1. The van der Waals surface area contributed by atoms with Crippen molar-refractivity contribution >= 4 is 33.2 Å². The zero-order valence-electron chi connectivity index (χ0n) is 10.8. The molecule has 20 heavy (non-hydrogen) atoms. The van der Waals surface area contributed by atoms with Crippen molar-refractivity contribution in [3.8, 4) is 0 Å². The Morgan fingerprint density at radius 2 is 2.00 bits per heavy atom. The van der Waals surface area contributed by atoms with Crippen molar-refractivity contribution in [2.75, 3.05) is 13.2 Å². The number of halogens is 2. The fourth-order valence-corrected chi connectivity index (χ4v) is 3.86. The van der Waals surface area contributed by atoms with Crippen molar-refractivity contribution in [1.29, 1.82) is 0 Å². The number of aliphatic hydroxyl groups excluding tert-OH is 1. The van der Waals surface area contributed by atoms with Crippen molar-refractivity contribution in [3.05, 3.63) is 22.4 Å². The molecule has 0 saturated heterocycles. The fraction of sp³-hybridized carbons (Fsp3) is 0.583. The quantitative estimate of drug-likeness (QED) is 0.806. The van der Waals surface area contributed by atoms with Gasteiger partial charge in [-0.25, -0.2) is 18.1 Å². The average Bonchev–Trinajstić information content (AvgIpc) is 2.89. The lowest BCUT2D eigenvalue weighted by molar-refractivity contribution is 0.134. The van der Waals surface area contributed by atoms with Gasteiger partial charge in [-0.2, -0.15) is 0 Å². The Balaban J connectivity index is 2.13. The van der Waals surface area contributed by atoms with Gasteiger partial charge in [0.05, 0.1) is 5.02 Å². The van der Waals surface area contributed by atoms with E-state index in [1.807, 2.05) is 0 Å². The maximum Gasteiger partial charge on any atom is 0.242 e. The summed E-state index contributed by atoms with van der Waals surface area (Å²) in [5, 5.41) is 9.63. The van der Waals surface area contributed by atoms with E-state index in [1.165, 1.54) is 6.07 Å². The minimum absolute atomic E-state index is 0.0187. The number of rotatable bonds is 5. The topological polar surface area (TPSA) is 79.3 Å². The predicted molar refractivity (Wildman–Crippen MR) is 77.4 cm³/mol. The maximum atomic E-state index is 12.2. The van der Waals surface area contributed by atoms with Crippen LogP contribution in [0.4, 0.5) is 0 Å². The van der Waals surface area contributed by atoms with Gasteiger partial charge in [-0.15, -0.1) is 0 Å². The third-order valence-corrected chi connectivity index (χ3v) is 5.77. The van der Waals surface area contributed by atoms with Crippen LogP contribution in [-0.4, -0.2) is 31.7 Å². The zero-order chi connectivity index (χ0) is 14.8. The Hall–Kier alpha value is -0.400. The standard InChI is InChI=1S/C12H16Cl2N2O3S/c13-10-5-9(6-15-11(10)14)20(18,19)16-7-12(8-17)3-1-2-4-12/h5-6,16-17H,1-4,7-8H2. The summed E-state index contributed by atoms with van der Waals surface area (Å²) >= 11 is 11.4. The van der Waals surface area contributed by atoms with E-state index in [-0.39, 0.29) is 33.6 Å². The summed E-state index contributed by atoms with van der Waals surface area (Å²) in [5.41, 5.74) is -0.350. The van der Waals surface area contributed by atoms with Crippen LogP contribution in [0.15, 0.2) is 17.2 Å². The Kier molecular flexibility index (Phi) is 4.92. The minimum Gasteiger partial charge on any atom is -0.396 e. The molecule has 0 aromatic carbocycles. The Labute approximate surface area is 128 Å². The van der Waals surface area contributed by atoms with Gasteiger partial charge >= 0.3 is 0 Å². The first-order valence-corrected chi connectivity index (χ1v) is 8.54. The third kappa shape index (κ3) is 3.43. The highest BCUT2D eigenvalue weighted by Crippen LogP contribution is 2.37. The first-order chi connectivity index (χ1) is 9.38. The summed E-state index contributed by atoms with van der Waals surface area (Å²) in [7, 11) is -3.70. The second kappa shape index (κ2) is 6.15. The fourth-order valence-electron chi connectivity index (χ4n) is 2.40.